The summed E-state index contributed by atoms with van der Waals surface area (Å²) >= 11 is 0. The molecule has 2 aromatic rings. The Bertz CT molecular complexity index is 1430. The molecule has 0 aliphatic rings. The number of nitrogens with zero attached hydrogens (tertiary/aromatic N) is 1. The maximum Gasteiger partial charge on any atom is 0.301 e. The summed E-state index contributed by atoms with van der Waals surface area (Å²) in [6, 6.07) is 6.94. The largest absolute Gasteiger partial charge is 0.326 e. The molecule has 0 aromatic heterocycles. The quantitative estimate of drug-likeness (QED) is 0.296. The lowest BCUT2D eigenvalue weighted by molar-refractivity contribution is -0.114. The summed E-state index contributed by atoms with van der Waals surface area (Å²) in [5.74, 6) is -0.470. The molecule has 0 saturated heterocycles. The Hall–Kier alpha value is -2.82. The van der Waals surface area contributed by atoms with E-state index in [2.05, 4.69) is 10.0 Å². The van der Waals surface area contributed by atoms with E-state index in [1.807, 2.05) is 0 Å². The predicted octanol–water partition coefficient (Wildman–Crippen LogP) is 1.53. The Morgan fingerprint density at radius 2 is 1.24 bits per heavy atom. The standard InChI is InChI=1S/C18H21N3O9S3/c1-12(22)19-15-8-6-13(17(10-15)31(23,24)25)4-5-14-7-9-16(11-18(14)32(26,27)28)20-33(29,30)21(2)3/h4-11,20H,1-3H3,(H,19,22)(H,23,24,25)(H,26,27,28). The lowest BCUT2D eigenvalue weighted by atomic mass is 10.1. The first-order valence-corrected chi connectivity index (χ1v) is 13.2. The fourth-order valence-corrected chi connectivity index (χ4v) is 4.58. The highest BCUT2D eigenvalue weighted by atomic mass is 32.2. The number of rotatable bonds is 8. The van der Waals surface area contributed by atoms with E-state index in [0.29, 0.717) is 0 Å². The second-order valence-corrected chi connectivity index (χ2v) is 11.5. The highest BCUT2D eigenvalue weighted by Crippen LogP contribution is 2.26. The van der Waals surface area contributed by atoms with Crippen LogP contribution in [0.4, 0.5) is 11.4 Å². The maximum atomic E-state index is 12.0. The molecule has 15 heteroatoms. The molecule has 4 N–H and O–H groups in total. The molecule has 180 valence electrons. The van der Waals surface area contributed by atoms with Crippen LogP contribution in [0.15, 0.2) is 46.2 Å². The van der Waals surface area contributed by atoms with E-state index >= 15 is 0 Å². The van der Waals surface area contributed by atoms with Crippen LogP contribution < -0.4 is 10.0 Å². The highest BCUT2D eigenvalue weighted by Gasteiger charge is 2.19. The van der Waals surface area contributed by atoms with Crippen LogP contribution in [0, 0.1) is 0 Å². The van der Waals surface area contributed by atoms with Crippen LogP contribution in [0.5, 0.6) is 0 Å². The van der Waals surface area contributed by atoms with E-state index in [4.69, 9.17) is 0 Å². The summed E-state index contributed by atoms with van der Waals surface area (Å²) in [6.45, 7) is 1.21. The van der Waals surface area contributed by atoms with Gasteiger partial charge in [0.05, 0.1) is 5.69 Å². The molecule has 33 heavy (non-hydrogen) atoms. The zero-order chi connectivity index (χ0) is 25.2. The molecule has 0 aliphatic heterocycles. The Labute approximate surface area is 191 Å². The van der Waals surface area contributed by atoms with Gasteiger partial charge in [-0.05, 0) is 35.4 Å². The Morgan fingerprint density at radius 3 is 1.64 bits per heavy atom. The minimum absolute atomic E-state index is 0.0507. The average molecular weight is 520 g/mol. The van der Waals surface area contributed by atoms with Crippen molar-refractivity contribution in [2.45, 2.75) is 16.7 Å². The Balaban J connectivity index is 2.56. The molecule has 0 radical (unpaired) electrons. The van der Waals surface area contributed by atoms with E-state index in [1.54, 1.807) is 0 Å². The number of anilines is 2. The van der Waals surface area contributed by atoms with Crippen LogP contribution in [0.3, 0.4) is 0 Å². The third-order valence-electron chi connectivity index (χ3n) is 4.07. The van der Waals surface area contributed by atoms with Crippen molar-refractivity contribution in [3.8, 4) is 0 Å². The number of carbonyl (C=O) groups is 1. The Morgan fingerprint density at radius 1 is 0.818 bits per heavy atom. The van der Waals surface area contributed by atoms with Crippen molar-refractivity contribution in [1.82, 2.24) is 4.31 Å². The molecule has 0 fully saturated rings. The zero-order valence-corrected chi connectivity index (χ0v) is 20.0. The first-order chi connectivity index (χ1) is 15.0. The first kappa shape index (κ1) is 26.4. The molecule has 0 heterocycles. The van der Waals surface area contributed by atoms with Gasteiger partial charge >= 0.3 is 10.2 Å². The van der Waals surface area contributed by atoms with Crippen molar-refractivity contribution in [3.05, 3.63) is 47.5 Å². The summed E-state index contributed by atoms with van der Waals surface area (Å²) in [7, 11) is -11.0. The first-order valence-electron chi connectivity index (χ1n) is 8.90. The van der Waals surface area contributed by atoms with E-state index in [-0.39, 0.29) is 22.5 Å². The second-order valence-electron chi connectivity index (χ2n) is 6.86. The molecule has 0 aliphatic carbocycles. The number of hydrogen-bond donors (Lipinski definition) is 4. The number of nitrogens with one attached hydrogen (secondary N) is 2. The maximum absolute atomic E-state index is 12.0. The van der Waals surface area contributed by atoms with Gasteiger partial charge in [-0.2, -0.15) is 29.6 Å². The molecule has 12 nitrogen and oxygen atoms in total. The molecular formula is C18H21N3O9S3. The minimum atomic E-state index is -4.81. The number of benzene rings is 2. The summed E-state index contributed by atoms with van der Waals surface area (Å²) in [5, 5.41) is 2.37. The molecule has 0 saturated carbocycles. The predicted molar refractivity (Wildman–Crippen MR) is 122 cm³/mol. The van der Waals surface area contributed by atoms with E-state index in [0.717, 1.165) is 28.6 Å². The number of amides is 1. The van der Waals surface area contributed by atoms with E-state index < -0.39 is 46.1 Å². The van der Waals surface area contributed by atoms with Crippen molar-refractivity contribution >= 4 is 59.9 Å². The summed E-state index contributed by atoms with van der Waals surface area (Å²) < 4.78 is 93.2. The molecule has 0 atom stereocenters. The molecular weight excluding hydrogens is 498 g/mol. The van der Waals surface area contributed by atoms with Crippen molar-refractivity contribution in [1.29, 1.82) is 0 Å². The second kappa shape index (κ2) is 9.58. The van der Waals surface area contributed by atoms with Gasteiger partial charge in [-0.15, -0.1) is 0 Å². The topological polar surface area (TPSA) is 187 Å². The molecule has 0 spiro atoms. The van der Waals surface area contributed by atoms with E-state index in [9.17, 15) is 39.2 Å². The van der Waals surface area contributed by atoms with Crippen LogP contribution in [-0.2, 0) is 35.2 Å². The normalized spacial score (nSPS) is 12.8. The molecule has 0 bridgehead atoms. The monoisotopic (exact) mass is 519 g/mol. The smallest absolute Gasteiger partial charge is 0.301 e. The third kappa shape index (κ3) is 7.08. The van der Waals surface area contributed by atoms with E-state index in [1.165, 1.54) is 45.3 Å². The van der Waals surface area contributed by atoms with Gasteiger partial charge in [-0.1, -0.05) is 24.3 Å². The highest BCUT2D eigenvalue weighted by molar-refractivity contribution is 7.90. The lowest BCUT2D eigenvalue weighted by Crippen LogP contribution is -2.29. The fraction of sp³-hybridized carbons (Fsp3) is 0.167. The molecule has 0 unspecified atom stereocenters. The van der Waals surface area contributed by atoms with Crippen molar-refractivity contribution in [2.75, 3.05) is 24.1 Å². The van der Waals surface area contributed by atoms with Crippen LogP contribution in [-0.4, -0.2) is 58.7 Å². The number of carbonyl (C=O) groups excluding carboxylic acids is 1. The summed E-state index contributed by atoms with van der Waals surface area (Å²) in [6.07, 6.45) is 2.31. The van der Waals surface area contributed by atoms with Gasteiger partial charge in [0.2, 0.25) is 5.91 Å². The van der Waals surface area contributed by atoms with Gasteiger partial charge in [0.25, 0.3) is 20.2 Å². The van der Waals surface area contributed by atoms with Crippen LogP contribution in [0.1, 0.15) is 18.1 Å². The molecule has 2 rings (SSSR count). The van der Waals surface area contributed by atoms with Crippen molar-refractivity contribution in [2.24, 2.45) is 0 Å². The number of hydrogen-bond acceptors (Lipinski definition) is 7. The van der Waals surface area contributed by atoms with Crippen molar-refractivity contribution in [3.63, 3.8) is 0 Å². The van der Waals surface area contributed by atoms with Gasteiger partial charge in [-0.25, -0.2) is 0 Å². The lowest BCUT2D eigenvalue weighted by Gasteiger charge is -2.14. The zero-order valence-electron chi connectivity index (χ0n) is 17.5. The summed E-state index contributed by atoms with van der Waals surface area (Å²) in [5.41, 5.74) is -0.196. The Kier molecular flexibility index (Phi) is 7.67. The van der Waals surface area contributed by atoms with Crippen LogP contribution in [0.25, 0.3) is 12.2 Å². The SMILES string of the molecule is CC(=O)Nc1ccc(C=Cc2ccc(NS(=O)(=O)N(C)C)cc2S(=O)(=O)O)c(S(=O)(=O)O)c1. The third-order valence-corrected chi connectivity index (χ3v) is 7.35. The van der Waals surface area contributed by atoms with Gasteiger partial charge in [-0.3, -0.25) is 18.6 Å². The molecule has 1 amide bonds. The van der Waals surface area contributed by atoms with Gasteiger partial charge < -0.3 is 5.32 Å². The van der Waals surface area contributed by atoms with Gasteiger partial charge in [0.1, 0.15) is 9.79 Å². The van der Waals surface area contributed by atoms with Crippen molar-refractivity contribution < 1.29 is 39.2 Å². The minimum Gasteiger partial charge on any atom is -0.326 e. The molecule has 2 aromatic carbocycles. The van der Waals surface area contributed by atoms with Gasteiger partial charge in [0, 0.05) is 26.7 Å². The van der Waals surface area contributed by atoms with Crippen LogP contribution in [0.2, 0.25) is 0 Å². The average Bonchev–Trinajstić information content (AvgIpc) is 2.65. The van der Waals surface area contributed by atoms with Gasteiger partial charge in [0.15, 0.2) is 0 Å². The van der Waals surface area contributed by atoms with Crippen LogP contribution >= 0.6 is 0 Å². The fourth-order valence-electron chi connectivity index (χ4n) is 2.56. The summed E-state index contributed by atoms with van der Waals surface area (Å²) in [4.78, 5) is 9.98.